The lowest BCUT2D eigenvalue weighted by atomic mass is 9.42. The minimum atomic E-state index is -0.678. The molecule has 0 aliphatic heterocycles. The average Bonchev–Trinajstić information content (AvgIpc) is 2.71. The van der Waals surface area contributed by atoms with E-state index in [0.717, 1.165) is 38.5 Å². The molecule has 160 valence electrons. The number of hydrogen-bond acceptors (Lipinski definition) is 4. The molecule has 0 saturated heterocycles. The van der Waals surface area contributed by atoms with Gasteiger partial charge in [-0.25, -0.2) is 0 Å². The summed E-state index contributed by atoms with van der Waals surface area (Å²) in [7, 11) is 0. The molecule has 5 unspecified atom stereocenters. The molecule has 0 bridgehead atoms. The van der Waals surface area contributed by atoms with Crippen molar-refractivity contribution in [2.75, 3.05) is 6.61 Å². The standard InChI is InChI=1S/C26H32O4/c1-5-26(23(29)16-30-17(2)27)12-6-7-22-20-9-8-18-15-19(28)10-13-24(18,3)21(20)11-14-25(22,26)4/h5,10-11,13,15,20,22H,1,6-9,12,14,16H2,2-4H3. The first-order chi connectivity index (χ1) is 14.2. The first-order valence-electron chi connectivity index (χ1n) is 11.1. The number of ketones is 2. The summed E-state index contributed by atoms with van der Waals surface area (Å²) in [4.78, 5) is 36.6. The van der Waals surface area contributed by atoms with Gasteiger partial charge in [0.25, 0.3) is 0 Å². The van der Waals surface area contributed by atoms with Gasteiger partial charge in [0, 0.05) is 12.3 Å². The largest absolute Gasteiger partial charge is 0.458 e. The van der Waals surface area contributed by atoms with Gasteiger partial charge in [-0.1, -0.05) is 42.7 Å². The van der Waals surface area contributed by atoms with Gasteiger partial charge in [-0.05, 0) is 68.4 Å². The Morgan fingerprint density at radius 2 is 2.07 bits per heavy atom. The molecule has 0 amide bonds. The van der Waals surface area contributed by atoms with Crippen LogP contribution in [0.25, 0.3) is 0 Å². The van der Waals surface area contributed by atoms with E-state index in [4.69, 9.17) is 4.74 Å². The monoisotopic (exact) mass is 408 g/mol. The number of hydrogen-bond donors (Lipinski definition) is 0. The molecule has 4 aliphatic carbocycles. The SMILES string of the molecule is C=CC1(C(=O)COC(C)=O)CCCC2C3CCC4=CC(=O)C=CC4(C)C3=CCC21C. The maximum atomic E-state index is 13.4. The average molecular weight is 409 g/mol. The summed E-state index contributed by atoms with van der Waals surface area (Å²) in [5, 5.41) is 0. The van der Waals surface area contributed by atoms with Crippen LogP contribution in [-0.4, -0.2) is 24.1 Å². The van der Waals surface area contributed by atoms with Crippen molar-refractivity contribution < 1.29 is 19.1 Å². The number of rotatable bonds is 4. The van der Waals surface area contributed by atoms with Crippen LogP contribution in [-0.2, 0) is 19.1 Å². The minimum Gasteiger partial charge on any atom is -0.458 e. The zero-order valence-electron chi connectivity index (χ0n) is 18.3. The van der Waals surface area contributed by atoms with E-state index in [1.165, 1.54) is 18.1 Å². The molecule has 5 atom stereocenters. The zero-order chi connectivity index (χ0) is 21.7. The predicted octanol–water partition coefficient (Wildman–Crippen LogP) is 4.91. The van der Waals surface area contributed by atoms with Crippen molar-refractivity contribution in [2.45, 2.75) is 59.3 Å². The quantitative estimate of drug-likeness (QED) is 0.490. The first kappa shape index (κ1) is 21.0. The molecule has 4 aliphatic rings. The van der Waals surface area contributed by atoms with Gasteiger partial charge >= 0.3 is 5.97 Å². The van der Waals surface area contributed by atoms with Crippen LogP contribution in [0.2, 0.25) is 0 Å². The Balaban J connectivity index is 1.74. The molecule has 4 rings (SSSR count). The van der Waals surface area contributed by atoms with Crippen molar-refractivity contribution in [1.82, 2.24) is 0 Å². The van der Waals surface area contributed by atoms with Gasteiger partial charge in [0.15, 0.2) is 18.2 Å². The van der Waals surface area contributed by atoms with E-state index in [1.54, 1.807) is 6.08 Å². The van der Waals surface area contributed by atoms with Gasteiger partial charge in [-0.15, -0.1) is 6.58 Å². The smallest absolute Gasteiger partial charge is 0.303 e. The molecule has 30 heavy (non-hydrogen) atoms. The molecule has 0 aromatic rings. The molecule has 0 aromatic heterocycles. The molecule has 0 N–H and O–H groups in total. The first-order valence-corrected chi connectivity index (χ1v) is 11.1. The Morgan fingerprint density at radius 1 is 1.30 bits per heavy atom. The van der Waals surface area contributed by atoms with Gasteiger partial charge in [0.1, 0.15) is 0 Å². The second-order valence-electron chi connectivity index (χ2n) is 9.91. The van der Waals surface area contributed by atoms with E-state index in [-0.39, 0.29) is 29.0 Å². The Kier molecular flexibility index (Phi) is 5.03. The minimum absolute atomic E-state index is 0.0254. The van der Waals surface area contributed by atoms with Crippen molar-refractivity contribution in [2.24, 2.45) is 28.1 Å². The summed E-state index contributed by atoms with van der Waals surface area (Å²) in [6.07, 6.45) is 15.4. The Labute approximate surface area is 179 Å². The summed E-state index contributed by atoms with van der Waals surface area (Å²) in [5.74, 6) is 0.396. The number of carbonyl (C=O) groups is 3. The van der Waals surface area contributed by atoms with E-state index in [2.05, 4.69) is 32.6 Å². The summed E-state index contributed by atoms with van der Waals surface area (Å²) in [6, 6.07) is 0. The molecule has 4 heteroatoms. The van der Waals surface area contributed by atoms with E-state index in [0.29, 0.717) is 11.8 Å². The third-order valence-corrected chi connectivity index (χ3v) is 8.70. The summed E-state index contributed by atoms with van der Waals surface area (Å²) < 4.78 is 5.11. The molecule has 0 aromatic carbocycles. The number of fused-ring (bicyclic) bond motifs is 5. The molecule has 4 nitrogen and oxygen atoms in total. The molecular formula is C26H32O4. The number of allylic oxidation sites excluding steroid dienone is 7. The van der Waals surface area contributed by atoms with E-state index < -0.39 is 11.4 Å². The van der Waals surface area contributed by atoms with Crippen LogP contribution in [0.4, 0.5) is 0 Å². The van der Waals surface area contributed by atoms with Crippen LogP contribution in [0.3, 0.4) is 0 Å². The fourth-order valence-corrected chi connectivity index (χ4v) is 7.01. The van der Waals surface area contributed by atoms with Crippen LogP contribution in [0.5, 0.6) is 0 Å². The lowest BCUT2D eigenvalue weighted by Crippen LogP contribution is -2.57. The fourth-order valence-electron chi connectivity index (χ4n) is 7.01. The second kappa shape index (κ2) is 7.18. The van der Waals surface area contributed by atoms with Gasteiger partial charge in [-0.3, -0.25) is 14.4 Å². The number of carbonyl (C=O) groups excluding carboxylic acids is 3. The number of ether oxygens (including phenoxy) is 1. The second-order valence-corrected chi connectivity index (χ2v) is 9.91. The van der Waals surface area contributed by atoms with Crippen LogP contribution in [0.1, 0.15) is 59.3 Å². The van der Waals surface area contributed by atoms with Crippen molar-refractivity contribution in [3.63, 3.8) is 0 Å². The van der Waals surface area contributed by atoms with Crippen molar-refractivity contribution in [3.8, 4) is 0 Å². The van der Waals surface area contributed by atoms with Gasteiger partial charge in [0.05, 0.1) is 5.41 Å². The molecule has 0 spiro atoms. The third-order valence-electron chi connectivity index (χ3n) is 8.70. The van der Waals surface area contributed by atoms with Crippen LogP contribution in [0.15, 0.2) is 48.1 Å². The van der Waals surface area contributed by atoms with Crippen LogP contribution in [0, 0.1) is 28.1 Å². The lowest BCUT2D eigenvalue weighted by molar-refractivity contribution is -0.155. The Bertz CT molecular complexity index is 906. The normalized spacial score (nSPS) is 39.6. The maximum Gasteiger partial charge on any atom is 0.303 e. The predicted molar refractivity (Wildman–Crippen MR) is 115 cm³/mol. The highest BCUT2D eigenvalue weighted by Gasteiger charge is 2.61. The van der Waals surface area contributed by atoms with Gasteiger partial charge in [-0.2, -0.15) is 0 Å². The highest BCUT2D eigenvalue weighted by Crippen LogP contribution is 2.66. The fraction of sp³-hybridized carbons (Fsp3) is 0.577. The Morgan fingerprint density at radius 3 is 2.77 bits per heavy atom. The van der Waals surface area contributed by atoms with Gasteiger partial charge < -0.3 is 4.74 Å². The third kappa shape index (κ3) is 2.83. The zero-order valence-corrected chi connectivity index (χ0v) is 18.3. The molecule has 0 heterocycles. The van der Waals surface area contributed by atoms with E-state index >= 15 is 0 Å². The number of esters is 1. The van der Waals surface area contributed by atoms with Crippen molar-refractivity contribution in [1.29, 1.82) is 0 Å². The van der Waals surface area contributed by atoms with Crippen LogP contribution < -0.4 is 0 Å². The van der Waals surface area contributed by atoms with Crippen molar-refractivity contribution in [3.05, 3.63) is 48.1 Å². The molecule has 2 saturated carbocycles. The van der Waals surface area contributed by atoms with Crippen LogP contribution >= 0.6 is 0 Å². The highest BCUT2D eigenvalue weighted by molar-refractivity contribution is 6.01. The summed E-state index contributed by atoms with van der Waals surface area (Å²) in [6.45, 7) is 9.73. The molecule has 0 radical (unpaired) electrons. The topological polar surface area (TPSA) is 60.4 Å². The van der Waals surface area contributed by atoms with E-state index in [1.807, 2.05) is 12.2 Å². The van der Waals surface area contributed by atoms with Crippen molar-refractivity contribution >= 4 is 17.5 Å². The lowest BCUT2D eigenvalue weighted by Gasteiger charge is -2.61. The summed E-state index contributed by atoms with van der Waals surface area (Å²) >= 11 is 0. The summed E-state index contributed by atoms with van der Waals surface area (Å²) in [5.41, 5.74) is 1.53. The van der Waals surface area contributed by atoms with Gasteiger partial charge in [0.2, 0.25) is 0 Å². The number of Topliss-reactive ketones (excluding diaryl/α,β-unsaturated/α-hetero) is 1. The maximum absolute atomic E-state index is 13.4. The Hall–Kier alpha value is -2.23. The molecular weight excluding hydrogens is 376 g/mol. The van der Waals surface area contributed by atoms with E-state index in [9.17, 15) is 14.4 Å². The highest BCUT2D eigenvalue weighted by atomic mass is 16.5. The molecule has 2 fully saturated rings.